The summed E-state index contributed by atoms with van der Waals surface area (Å²) in [4.78, 5) is 21.3. The first-order valence-corrected chi connectivity index (χ1v) is 4.12. The van der Waals surface area contributed by atoms with Crippen molar-refractivity contribution in [2.24, 2.45) is 5.92 Å². The normalized spacial score (nSPS) is 12.2. The Bertz CT molecular complexity index is 163. The second kappa shape index (κ2) is 5.75. The van der Waals surface area contributed by atoms with Crippen molar-refractivity contribution in [2.45, 2.75) is 33.1 Å². The van der Waals surface area contributed by atoms with E-state index in [0.717, 1.165) is 6.42 Å². The highest BCUT2D eigenvalue weighted by Gasteiger charge is 2.08. The van der Waals surface area contributed by atoms with Gasteiger partial charge in [-0.15, -0.1) is 0 Å². The Morgan fingerprint density at radius 1 is 1.42 bits per heavy atom. The molecule has 0 aromatic rings. The average molecular weight is 172 g/mol. The molecule has 0 aliphatic heterocycles. The van der Waals surface area contributed by atoms with Crippen LogP contribution in [-0.2, 0) is 14.3 Å². The van der Waals surface area contributed by atoms with E-state index in [2.05, 4.69) is 4.74 Å². The standard InChI is InChI=1S/C9H16O3/c1-7(6-8(2)10)4-5-9(11)12-3/h7H,4-6H2,1-3H3/t7-/m0/s1. The number of hydrogen-bond donors (Lipinski definition) is 0. The Kier molecular flexibility index (Phi) is 5.34. The van der Waals surface area contributed by atoms with Crippen molar-refractivity contribution in [2.75, 3.05) is 7.11 Å². The maximum absolute atomic E-state index is 10.7. The van der Waals surface area contributed by atoms with Crippen LogP contribution in [0.1, 0.15) is 33.1 Å². The minimum absolute atomic E-state index is 0.173. The molecular formula is C9H16O3. The van der Waals surface area contributed by atoms with Gasteiger partial charge in [0, 0.05) is 12.8 Å². The van der Waals surface area contributed by atoms with Crippen LogP contribution in [0.4, 0.5) is 0 Å². The molecule has 0 bridgehead atoms. The molecule has 0 aromatic carbocycles. The molecule has 0 fully saturated rings. The van der Waals surface area contributed by atoms with Crippen LogP contribution in [0.15, 0.2) is 0 Å². The number of ketones is 1. The molecule has 0 aliphatic carbocycles. The van der Waals surface area contributed by atoms with Gasteiger partial charge in [-0.3, -0.25) is 4.79 Å². The Morgan fingerprint density at radius 3 is 2.42 bits per heavy atom. The number of carbonyl (C=O) groups excluding carboxylic acids is 2. The van der Waals surface area contributed by atoms with Crippen LogP contribution in [0.5, 0.6) is 0 Å². The lowest BCUT2D eigenvalue weighted by molar-refractivity contribution is -0.141. The van der Waals surface area contributed by atoms with Crippen molar-refractivity contribution in [3.63, 3.8) is 0 Å². The van der Waals surface area contributed by atoms with Crippen LogP contribution in [0.3, 0.4) is 0 Å². The van der Waals surface area contributed by atoms with Gasteiger partial charge in [-0.1, -0.05) is 6.92 Å². The van der Waals surface area contributed by atoms with Crippen molar-refractivity contribution >= 4 is 11.8 Å². The molecule has 0 spiro atoms. The third-order valence-corrected chi connectivity index (χ3v) is 1.70. The fourth-order valence-corrected chi connectivity index (χ4v) is 1.06. The van der Waals surface area contributed by atoms with E-state index in [-0.39, 0.29) is 17.7 Å². The summed E-state index contributed by atoms with van der Waals surface area (Å²) in [5.74, 6) is 0.249. The predicted molar refractivity (Wildman–Crippen MR) is 45.7 cm³/mol. The summed E-state index contributed by atoms with van der Waals surface area (Å²) in [5.41, 5.74) is 0. The smallest absolute Gasteiger partial charge is 0.305 e. The van der Waals surface area contributed by atoms with Gasteiger partial charge in [0.25, 0.3) is 0 Å². The highest BCUT2D eigenvalue weighted by atomic mass is 16.5. The second-order valence-electron chi connectivity index (χ2n) is 3.13. The van der Waals surface area contributed by atoms with E-state index in [1.807, 2.05) is 6.92 Å². The van der Waals surface area contributed by atoms with Crippen LogP contribution in [-0.4, -0.2) is 18.9 Å². The first-order chi connectivity index (χ1) is 5.56. The molecular weight excluding hydrogens is 156 g/mol. The Balaban J connectivity index is 3.50. The molecule has 0 rings (SSSR count). The third-order valence-electron chi connectivity index (χ3n) is 1.70. The van der Waals surface area contributed by atoms with E-state index in [4.69, 9.17) is 0 Å². The quantitative estimate of drug-likeness (QED) is 0.591. The molecule has 0 aromatic heterocycles. The monoisotopic (exact) mass is 172 g/mol. The van der Waals surface area contributed by atoms with Crippen LogP contribution in [0.25, 0.3) is 0 Å². The Labute approximate surface area is 73.1 Å². The fraction of sp³-hybridized carbons (Fsp3) is 0.778. The van der Waals surface area contributed by atoms with E-state index < -0.39 is 0 Å². The molecule has 3 nitrogen and oxygen atoms in total. The fourth-order valence-electron chi connectivity index (χ4n) is 1.06. The summed E-state index contributed by atoms with van der Waals surface area (Å²) < 4.78 is 4.48. The van der Waals surface area contributed by atoms with E-state index >= 15 is 0 Å². The zero-order chi connectivity index (χ0) is 9.56. The topological polar surface area (TPSA) is 43.4 Å². The summed E-state index contributed by atoms with van der Waals surface area (Å²) in [6.07, 6.45) is 1.69. The molecule has 0 amide bonds. The summed E-state index contributed by atoms with van der Waals surface area (Å²) in [5, 5.41) is 0. The van der Waals surface area contributed by atoms with Crippen LogP contribution in [0.2, 0.25) is 0 Å². The third kappa shape index (κ3) is 5.89. The zero-order valence-electron chi connectivity index (χ0n) is 7.92. The molecule has 70 valence electrons. The minimum Gasteiger partial charge on any atom is -0.469 e. The van der Waals surface area contributed by atoms with Crippen LogP contribution >= 0.6 is 0 Å². The Hall–Kier alpha value is -0.860. The maximum Gasteiger partial charge on any atom is 0.305 e. The van der Waals surface area contributed by atoms with Gasteiger partial charge in [0.1, 0.15) is 5.78 Å². The highest BCUT2D eigenvalue weighted by molar-refractivity contribution is 5.75. The molecule has 0 saturated heterocycles. The molecule has 0 saturated carbocycles. The van der Waals surface area contributed by atoms with Crippen molar-refractivity contribution in [3.05, 3.63) is 0 Å². The van der Waals surface area contributed by atoms with Crippen molar-refractivity contribution < 1.29 is 14.3 Å². The minimum atomic E-state index is -0.203. The summed E-state index contributed by atoms with van der Waals surface area (Å²) in [6.45, 7) is 3.53. The molecule has 3 heteroatoms. The summed E-state index contributed by atoms with van der Waals surface area (Å²) >= 11 is 0. The highest BCUT2D eigenvalue weighted by Crippen LogP contribution is 2.10. The van der Waals surface area contributed by atoms with Gasteiger partial charge in [0.15, 0.2) is 0 Å². The Morgan fingerprint density at radius 2 is 2.00 bits per heavy atom. The second-order valence-corrected chi connectivity index (χ2v) is 3.13. The van der Waals surface area contributed by atoms with E-state index in [0.29, 0.717) is 12.8 Å². The van der Waals surface area contributed by atoms with E-state index in [1.54, 1.807) is 6.92 Å². The number of ether oxygens (including phenoxy) is 1. The molecule has 0 unspecified atom stereocenters. The number of esters is 1. The molecule has 1 atom stereocenters. The largest absolute Gasteiger partial charge is 0.469 e. The lowest BCUT2D eigenvalue weighted by Gasteiger charge is -2.06. The molecule has 0 N–H and O–H groups in total. The van der Waals surface area contributed by atoms with Crippen molar-refractivity contribution in [3.8, 4) is 0 Å². The molecule has 0 aliphatic rings. The van der Waals surface area contributed by atoms with Crippen molar-refractivity contribution in [1.82, 2.24) is 0 Å². The lowest BCUT2D eigenvalue weighted by Crippen LogP contribution is -2.06. The lowest BCUT2D eigenvalue weighted by atomic mass is 10.00. The summed E-state index contributed by atoms with van der Waals surface area (Å²) in [7, 11) is 1.37. The molecule has 0 radical (unpaired) electrons. The number of hydrogen-bond acceptors (Lipinski definition) is 3. The van der Waals surface area contributed by atoms with Crippen LogP contribution < -0.4 is 0 Å². The predicted octanol–water partition coefficient (Wildman–Crippen LogP) is 1.55. The van der Waals surface area contributed by atoms with E-state index in [1.165, 1.54) is 7.11 Å². The number of Topliss-reactive ketones (excluding diaryl/α,β-unsaturated/α-hetero) is 1. The van der Waals surface area contributed by atoms with E-state index in [9.17, 15) is 9.59 Å². The molecule has 12 heavy (non-hydrogen) atoms. The summed E-state index contributed by atoms with van der Waals surface area (Å²) in [6, 6.07) is 0. The number of carbonyl (C=O) groups is 2. The number of rotatable bonds is 5. The van der Waals surface area contributed by atoms with Crippen molar-refractivity contribution in [1.29, 1.82) is 0 Å². The van der Waals surface area contributed by atoms with Gasteiger partial charge < -0.3 is 9.53 Å². The number of methoxy groups -OCH3 is 1. The first-order valence-electron chi connectivity index (χ1n) is 4.12. The van der Waals surface area contributed by atoms with Crippen LogP contribution in [0, 0.1) is 5.92 Å². The maximum atomic E-state index is 10.7. The average Bonchev–Trinajstić information content (AvgIpc) is 1.99. The van der Waals surface area contributed by atoms with Gasteiger partial charge in [0.05, 0.1) is 7.11 Å². The first kappa shape index (κ1) is 11.1. The van der Waals surface area contributed by atoms with Gasteiger partial charge >= 0.3 is 5.97 Å². The van der Waals surface area contributed by atoms with Gasteiger partial charge in [0.2, 0.25) is 0 Å². The zero-order valence-corrected chi connectivity index (χ0v) is 7.92. The SMILES string of the molecule is COC(=O)CC[C@H](C)CC(C)=O. The van der Waals surface area contributed by atoms with Gasteiger partial charge in [-0.2, -0.15) is 0 Å². The molecule has 0 heterocycles. The van der Waals surface area contributed by atoms with Gasteiger partial charge in [-0.25, -0.2) is 0 Å². The van der Waals surface area contributed by atoms with Gasteiger partial charge in [-0.05, 0) is 19.3 Å².